The molecular weight excluding hydrogens is 294 g/mol. The molecule has 2 fully saturated rings. The minimum atomic E-state index is -0.0149. The summed E-state index contributed by atoms with van der Waals surface area (Å²) in [4.78, 5) is 20.6. The van der Waals surface area contributed by atoms with E-state index in [1.54, 1.807) is 23.2 Å². The molecule has 2 saturated heterocycles. The van der Waals surface area contributed by atoms with Gasteiger partial charge in [-0.05, 0) is 25.0 Å². The van der Waals surface area contributed by atoms with Gasteiger partial charge in [-0.2, -0.15) is 5.26 Å². The van der Waals surface area contributed by atoms with Crippen molar-refractivity contribution < 1.29 is 9.53 Å². The van der Waals surface area contributed by atoms with Gasteiger partial charge in [-0.15, -0.1) is 0 Å². The van der Waals surface area contributed by atoms with Crippen LogP contribution in [0.5, 0.6) is 0 Å². The van der Waals surface area contributed by atoms with Crippen LogP contribution in [0.1, 0.15) is 18.4 Å². The molecule has 1 aromatic rings. The van der Waals surface area contributed by atoms with Crippen LogP contribution in [0.3, 0.4) is 0 Å². The van der Waals surface area contributed by atoms with Crippen LogP contribution in [0, 0.1) is 11.3 Å². The average molecular weight is 315 g/mol. The summed E-state index contributed by atoms with van der Waals surface area (Å²) >= 11 is 0. The largest absolute Gasteiger partial charge is 0.378 e. The van der Waals surface area contributed by atoms with Gasteiger partial charge in [-0.3, -0.25) is 0 Å². The van der Waals surface area contributed by atoms with Crippen molar-refractivity contribution in [1.82, 2.24) is 15.2 Å². The number of amides is 2. The predicted molar refractivity (Wildman–Crippen MR) is 85.1 cm³/mol. The Bertz CT molecular complexity index is 594. The second-order valence-electron chi connectivity index (χ2n) is 5.85. The molecule has 0 aromatic carbocycles. The number of hydrogen-bond donors (Lipinski definition) is 1. The molecule has 0 aliphatic carbocycles. The number of carbonyl (C=O) groups excluding carboxylic acids is 1. The molecule has 1 atom stereocenters. The summed E-state index contributed by atoms with van der Waals surface area (Å²) in [5.41, 5.74) is 0.606. The van der Waals surface area contributed by atoms with Crippen LogP contribution in [-0.4, -0.2) is 61.3 Å². The van der Waals surface area contributed by atoms with E-state index >= 15 is 0 Å². The van der Waals surface area contributed by atoms with Gasteiger partial charge < -0.3 is 19.9 Å². The Morgan fingerprint density at radius 3 is 3.00 bits per heavy atom. The van der Waals surface area contributed by atoms with Crippen molar-refractivity contribution in [2.45, 2.75) is 18.9 Å². The molecule has 23 heavy (non-hydrogen) atoms. The van der Waals surface area contributed by atoms with E-state index in [0.29, 0.717) is 31.9 Å². The minimum absolute atomic E-state index is 0.0149. The van der Waals surface area contributed by atoms with Crippen LogP contribution in [0.2, 0.25) is 0 Å². The predicted octanol–water partition coefficient (Wildman–Crippen LogP) is 0.964. The first-order chi connectivity index (χ1) is 11.3. The minimum Gasteiger partial charge on any atom is -0.378 e. The molecule has 2 aliphatic rings. The van der Waals surface area contributed by atoms with Crippen molar-refractivity contribution >= 4 is 11.8 Å². The fraction of sp³-hybridized carbons (Fsp3) is 0.562. The van der Waals surface area contributed by atoms with E-state index < -0.39 is 0 Å². The summed E-state index contributed by atoms with van der Waals surface area (Å²) in [7, 11) is 0. The third kappa shape index (κ3) is 3.90. The van der Waals surface area contributed by atoms with E-state index in [-0.39, 0.29) is 12.1 Å². The van der Waals surface area contributed by atoms with Gasteiger partial charge >= 0.3 is 6.03 Å². The zero-order valence-corrected chi connectivity index (χ0v) is 13.1. The van der Waals surface area contributed by atoms with Crippen molar-refractivity contribution in [1.29, 1.82) is 5.26 Å². The number of morpholine rings is 1. The van der Waals surface area contributed by atoms with Crippen molar-refractivity contribution in [3.63, 3.8) is 0 Å². The molecule has 1 aromatic heterocycles. The number of hydrogen-bond acceptors (Lipinski definition) is 5. The second kappa shape index (κ2) is 7.29. The molecule has 0 bridgehead atoms. The number of rotatable bonds is 2. The summed E-state index contributed by atoms with van der Waals surface area (Å²) < 4.78 is 5.27. The molecule has 2 aliphatic heterocycles. The maximum atomic E-state index is 12.3. The Labute approximate surface area is 135 Å². The molecule has 0 saturated carbocycles. The molecule has 0 radical (unpaired) electrons. The Hall–Kier alpha value is -2.33. The van der Waals surface area contributed by atoms with E-state index in [4.69, 9.17) is 10.00 Å². The molecule has 0 spiro atoms. The second-order valence-corrected chi connectivity index (χ2v) is 5.85. The number of nitrogens with zero attached hydrogens (tertiary/aromatic N) is 4. The van der Waals surface area contributed by atoms with Crippen molar-refractivity contribution in [3.8, 4) is 6.07 Å². The SMILES string of the molecule is N#Cc1ccnc(N2CCCC(NC(=O)N3CCOCC3)C2)c1. The number of ether oxygens (including phenoxy) is 1. The summed E-state index contributed by atoms with van der Waals surface area (Å²) in [6, 6.07) is 5.72. The van der Waals surface area contributed by atoms with Gasteiger partial charge in [0, 0.05) is 38.4 Å². The van der Waals surface area contributed by atoms with Crippen LogP contribution in [0.25, 0.3) is 0 Å². The van der Waals surface area contributed by atoms with Crippen LogP contribution < -0.4 is 10.2 Å². The average Bonchev–Trinajstić information content (AvgIpc) is 2.63. The number of pyridine rings is 1. The van der Waals surface area contributed by atoms with Gasteiger partial charge in [-0.1, -0.05) is 0 Å². The highest BCUT2D eigenvalue weighted by atomic mass is 16.5. The van der Waals surface area contributed by atoms with E-state index in [1.807, 2.05) is 0 Å². The van der Waals surface area contributed by atoms with Gasteiger partial charge in [-0.25, -0.2) is 9.78 Å². The third-order valence-corrected chi connectivity index (χ3v) is 4.25. The van der Waals surface area contributed by atoms with Crippen LogP contribution in [-0.2, 0) is 4.74 Å². The Morgan fingerprint density at radius 1 is 1.39 bits per heavy atom. The lowest BCUT2D eigenvalue weighted by Crippen LogP contribution is -2.53. The lowest BCUT2D eigenvalue weighted by atomic mass is 10.1. The molecule has 7 heteroatoms. The van der Waals surface area contributed by atoms with Crippen LogP contribution >= 0.6 is 0 Å². The molecule has 3 heterocycles. The van der Waals surface area contributed by atoms with Gasteiger partial charge in [0.15, 0.2) is 0 Å². The maximum absolute atomic E-state index is 12.3. The zero-order valence-electron chi connectivity index (χ0n) is 13.1. The van der Waals surface area contributed by atoms with Crippen LogP contribution in [0.15, 0.2) is 18.3 Å². The number of aromatic nitrogens is 1. The molecule has 3 rings (SSSR count). The number of nitrogens with one attached hydrogen (secondary N) is 1. The Morgan fingerprint density at radius 2 is 2.22 bits per heavy atom. The first kappa shape index (κ1) is 15.6. The standard InChI is InChI=1S/C16H21N5O2/c17-11-13-3-4-18-15(10-13)21-5-1-2-14(12-21)19-16(22)20-6-8-23-9-7-20/h3-4,10,14H,1-2,5-9,12H2,(H,19,22). The number of piperidine rings is 1. The third-order valence-electron chi connectivity index (χ3n) is 4.25. The highest BCUT2D eigenvalue weighted by molar-refractivity contribution is 5.74. The van der Waals surface area contributed by atoms with Gasteiger partial charge in [0.25, 0.3) is 0 Å². The molecule has 122 valence electrons. The number of urea groups is 1. The maximum Gasteiger partial charge on any atom is 0.317 e. The van der Waals surface area contributed by atoms with Gasteiger partial charge in [0.2, 0.25) is 0 Å². The highest BCUT2D eigenvalue weighted by Gasteiger charge is 2.25. The first-order valence-electron chi connectivity index (χ1n) is 8.00. The molecule has 7 nitrogen and oxygen atoms in total. The Kier molecular flexibility index (Phi) is 4.93. The zero-order chi connectivity index (χ0) is 16.1. The Balaban J connectivity index is 1.59. The summed E-state index contributed by atoms with van der Waals surface area (Å²) in [5.74, 6) is 0.800. The molecule has 2 amide bonds. The lowest BCUT2D eigenvalue weighted by molar-refractivity contribution is 0.0523. The van der Waals surface area contributed by atoms with E-state index in [9.17, 15) is 4.79 Å². The number of nitriles is 1. The monoisotopic (exact) mass is 315 g/mol. The van der Waals surface area contributed by atoms with E-state index in [1.165, 1.54) is 0 Å². The molecule has 1 unspecified atom stereocenters. The summed E-state index contributed by atoms with van der Waals surface area (Å²) in [6.07, 6.45) is 3.61. The highest BCUT2D eigenvalue weighted by Crippen LogP contribution is 2.18. The normalized spacial score (nSPS) is 21.6. The molecule has 1 N–H and O–H groups in total. The fourth-order valence-corrected chi connectivity index (χ4v) is 3.00. The fourth-order valence-electron chi connectivity index (χ4n) is 3.00. The summed E-state index contributed by atoms with van der Waals surface area (Å²) in [6.45, 7) is 4.12. The topological polar surface area (TPSA) is 81.5 Å². The quantitative estimate of drug-likeness (QED) is 0.879. The summed E-state index contributed by atoms with van der Waals surface area (Å²) in [5, 5.41) is 12.1. The van der Waals surface area contributed by atoms with Crippen molar-refractivity contribution in [2.75, 3.05) is 44.3 Å². The number of anilines is 1. The smallest absolute Gasteiger partial charge is 0.317 e. The van der Waals surface area contributed by atoms with E-state index in [0.717, 1.165) is 31.7 Å². The van der Waals surface area contributed by atoms with Crippen molar-refractivity contribution in [3.05, 3.63) is 23.9 Å². The molecular formula is C16H21N5O2. The van der Waals surface area contributed by atoms with Crippen LogP contribution in [0.4, 0.5) is 10.6 Å². The first-order valence-corrected chi connectivity index (χ1v) is 8.00. The lowest BCUT2D eigenvalue weighted by Gasteiger charge is -2.35. The van der Waals surface area contributed by atoms with Gasteiger partial charge in [0.1, 0.15) is 5.82 Å². The van der Waals surface area contributed by atoms with Crippen molar-refractivity contribution in [2.24, 2.45) is 0 Å². The van der Waals surface area contributed by atoms with E-state index in [2.05, 4.69) is 21.3 Å². The van der Waals surface area contributed by atoms with Gasteiger partial charge in [0.05, 0.1) is 24.8 Å². The number of carbonyl (C=O) groups is 1.